The zero-order valence-corrected chi connectivity index (χ0v) is 16.0. The summed E-state index contributed by atoms with van der Waals surface area (Å²) in [6.07, 6.45) is 2.86. The molecule has 0 fully saturated rings. The van der Waals surface area contributed by atoms with E-state index in [9.17, 15) is 10.4 Å². The molecule has 2 aromatic heterocycles. The van der Waals surface area contributed by atoms with Crippen molar-refractivity contribution in [2.75, 3.05) is 0 Å². The van der Waals surface area contributed by atoms with E-state index < -0.39 is 21.6 Å². The molecule has 0 atom stereocenters. The molecule has 0 amide bonds. The van der Waals surface area contributed by atoms with Crippen LogP contribution in [-0.2, 0) is 17.1 Å². The largest absolute Gasteiger partial charge is 2.00 e. The van der Waals surface area contributed by atoms with Crippen molar-refractivity contribution in [2.24, 2.45) is 0 Å². The van der Waals surface area contributed by atoms with Crippen LogP contribution in [0.5, 0.6) is 0 Å². The molecule has 0 spiro atoms. The van der Waals surface area contributed by atoms with Gasteiger partial charge in [-0.2, -0.15) is 9.46 Å². The van der Waals surface area contributed by atoms with Crippen molar-refractivity contribution in [3.8, 4) is 0 Å². The van der Waals surface area contributed by atoms with E-state index in [0.717, 1.165) is 9.46 Å². The molecular formula is C10H8Cl2FeN2O8S2. The monoisotopic (exact) mass is 474 g/mol. The third-order valence-corrected chi connectivity index (χ3v) is 4.12. The van der Waals surface area contributed by atoms with Crippen molar-refractivity contribution in [3.05, 3.63) is 59.2 Å². The van der Waals surface area contributed by atoms with Gasteiger partial charge in [0.1, 0.15) is 0 Å². The SMILES string of the molecule is [Fe+2].[O-][Cl+2]([O-])[O-].[O-][Cl+2]([O-])[O-].[O-][n+]1ccccc1SSc1cccc[n+]1[O-]. The molecule has 0 aromatic carbocycles. The van der Waals surface area contributed by atoms with Crippen molar-refractivity contribution in [1.82, 2.24) is 0 Å². The second-order valence-electron chi connectivity index (χ2n) is 3.27. The fraction of sp³-hybridized carbons (Fsp3) is 0. The molecule has 2 heterocycles. The fourth-order valence-electron chi connectivity index (χ4n) is 1.04. The summed E-state index contributed by atoms with van der Waals surface area (Å²) in [5, 5.41) is 23.8. The van der Waals surface area contributed by atoms with Crippen molar-refractivity contribution in [1.29, 1.82) is 0 Å². The molecule has 0 aliphatic carbocycles. The van der Waals surface area contributed by atoms with Gasteiger partial charge in [-0.3, -0.25) is 0 Å². The predicted molar refractivity (Wildman–Crippen MR) is 62.5 cm³/mol. The van der Waals surface area contributed by atoms with Crippen LogP contribution in [0.25, 0.3) is 0 Å². The number of hydrogen-bond donors (Lipinski definition) is 0. The minimum absolute atomic E-state index is 0. The molecule has 0 saturated heterocycles. The zero-order valence-electron chi connectivity index (χ0n) is 11.7. The Bertz CT molecular complexity index is 545. The summed E-state index contributed by atoms with van der Waals surface area (Å²) in [5.41, 5.74) is 0. The Morgan fingerprint density at radius 1 is 0.640 bits per heavy atom. The summed E-state index contributed by atoms with van der Waals surface area (Å²) in [7, 11) is -3.18. The first-order chi connectivity index (χ1) is 11.2. The zero-order chi connectivity index (χ0) is 18.5. The Morgan fingerprint density at radius 2 is 0.920 bits per heavy atom. The molecule has 25 heavy (non-hydrogen) atoms. The van der Waals surface area contributed by atoms with Gasteiger partial charge < -0.3 is 38.4 Å². The minimum Gasteiger partial charge on any atom is -0.618 e. The summed E-state index contributed by atoms with van der Waals surface area (Å²) in [6, 6.07) is 10.3. The molecule has 0 N–H and O–H groups in total. The van der Waals surface area contributed by atoms with Crippen LogP contribution in [-0.4, -0.2) is 0 Å². The maximum atomic E-state index is 11.3. The summed E-state index contributed by atoms with van der Waals surface area (Å²) in [4.78, 5) is 0. The van der Waals surface area contributed by atoms with E-state index in [1.54, 1.807) is 36.4 Å². The van der Waals surface area contributed by atoms with Gasteiger partial charge in [-0.15, -0.1) is 0 Å². The van der Waals surface area contributed by atoms with Crippen LogP contribution in [0.2, 0.25) is 0 Å². The molecule has 2 rings (SSSR count). The quantitative estimate of drug-likeness (QED) is 0.179. The average Bonchev–Trinajstić information content (AvgIpc) is 2.47. The van der Waals surface area contributed by atoms with Gasteiger partial charge in [-0.1, -0.05) is 0 Å². The standard InChI is InChI=1S/C10H8N2O2S2.2ClO3.Fe/c13-11-7-3-1-5-9(11)15-16-10-6-2-4-8-12(10)14;2*2-1(3)4;/h1-8H;;;/q;2*-1;+2. The predicted octanol–water partition coefficient (Wildman–Crippen LogP) is -5.38. The third kappa shape index (κ3) is 15.4. The molecule has 0 radical (unpaired) electrons. The Morgan fingerprint density at radius 3 is 1.16 bits per heavy atom. The van der Waals surface area contributed by atoms with Crippen LogP contribution >= 0.6 is 21.6 Å². The molecule has 2 aromatic rings. The van der Waals surface area contributed by atoms with Gasteiger partial charge in [0.05, 0.1) is 21.6 Å². The number of halogens is 2. The number of nitrogens with zero attached hydrogens (tertiary/aromatic N) is 2. The van der Waals surface area contributed by atoms with Gasteiger partial charge >= 0.3 is 17.1 Å². The third-order valence-electron chi connectivity index (χ3n) is 1.79. The van der Waals surface area contributed by atoms with Gasteiger partial charge in [-0.25, -0.2) is 0 Å². The van der Waals surface area contributed by atoms with Crippen molar-refractivity contribution < 1.29 is 76.1 Å². The molecule has 140 valence electrons. The molecule has 0 unspecified atom stereocenters. The minimum atomic E-state index is -2.85. The van der Waals surface area contributed by atoms with E-state index in [1.165, 1.54) is 34.0 Å². The molecule has 0 bridgehead atoms. The second-order valence-corrected chi connectivity index (χ2v) is 6.20. The van der Waals surface area contributed by atoms with E-state index in [0.29, 0.717) is 10.1 Å². The van der Waals surface area contributed by atoms with E-state index in [2.05, 4.69) is 0 Å². The molecule has 10 nitrogen and oxygen atoms in total. The molecular weight excluding hydrogens is 467 g/mol. The smallest absolute Gasteiger partial charge is 0.618 e. The first-order valence-corrected chi connectivity index (χ1v) is 9.41. The van der Waals surface area contributed by atoms with E-state index in [1.807, 2.05) is 0 Å². The molecule has 0 aliphatic rings. The van der Waals surface area contributed by atoms with Gasteiger partial charge in [0.2, 0.25) is 0 Å². The first kappa shape index (κ1) is 26.7. The van der Waals surface area contributed by atoms with Crippen molar-refractivity contribution >= 4 is 21.6 Å². The summed E-state index contributed by atoms with van der Waals surface area (Å²) < 4.78 is 52.0. The van der Waals surface area contributed by atoms with Crippen LogP contribution < -0.4 is 37.4 Å². The Kier molecular flexibility index (Phi) is 16.8. The average molecular weight is 475 g/mol. The molecule has 0 saturated carbocycles. The summed E-state index contributed by atoms with van der Waals surface area (Å²) in [6.45, 7) is 0. The van der Waals surface area contributed by atoms with Crippen LogP contribution in [0, 0.1) is 32.0 Å². The fourth-order valence-corrected chi connectivity index (χ4v) is 3.03. The Labute approximate surface area is 166 Å². The topological polar surface area (TPSA) is 192 Å². The number of hydrogen-bond acceptors (Lipinski definition) is 10. The van der Waals surface area contributed by atoms with Gasteiger partial charge in [0.15, 0.2) is 12.4 Å². The second kappa shape index (κ2) is 15.7. The van der Waals surface area contributed by atoms with Crippen LogP contribution in [0.1, 0.15) is 0 Å². The Balaban J connectivity index is 0. The summed E-state index contributed by atoms with van der Waals surface area (Å²) in [5.74, 6) is 0. The molecule has 0 aliphatic heterocycles. The van der Waals surface area contributed by atoms with Crippen LogP contribution in [0.3, 0.4) is 0 Å². The first-order valence-electron chi connectivity index (χ1n) is 5.41. The van der Waals surface area contributed by atoms with Crippen molar-refractivity contribution in [3.63, 3.8) is 0 Å². The maximum Gasteiger partial charge on any atom is 2.00 e. The van der Waals surface area contributed by atoms with Crippen LogP contribution in [0.4, 0.5) is 0 Å². The van der Waals surface area contributed by atoms with Gasteiger partial charge in [0.25, 0.3) is 10.1 Å². The van der Waals surface area contributed by atoms with E-state index in [-0.39, 0.29) is 17.1 Å². The normalized spacial score (nSPS) is 9.44. The summed E-state index contributed by atoms with van der Waals surface area (Å²) >= 11 is 0. The van der Waals surface area contributed by atoms with Gasteiger partial charge in [-0.05, 0) is 12.1 Å². The maximum absolute atomic E-state index is 11.3. The van der Waals surface area contributed by atoms with E-state index in [4.69, 9.17) is 28.0 Å². The van der Waals surface area contributed by atoms with E-state index >= 15 is 0 Å². The number of pyridine rings is 2. The Hall–Kier alpha value is -0.541. The molecule has 15 heteroatoms. The number of aromatic nitrogens is 2. The van der Waals surface area contributed by atoms with Gasteiger partial charge in [0, 0.05) is 45.9 Å². The number of rotatable bonds is 3. The van der Waals surface area contributed by atoms with Crippen molar-refractivity contribution in [2.45, 2.75) is 10.1 Å². The van der Waals surface area contributed by atoms with Crippen LogP contribution in [0.15, 0.2) is 58.8 Å².